The van der Waals surface area contributed by atoms with Crippen LogP contribution in [0.5, 0.6) is 5.75 Å². The van der Waals surface area contributed by atoms with Gasteiger partial charge in [-0.25, -0.2) is 0 Å². The van der Waals surface area contributed by atoms with Crippen LogP contribution in [0.25, 0.3) is 0 Å². The van der Waals surface area contributed by atoms with E-state index in [2.05, 4.69) is 30.4 Å². The lowest BCUT2D eigenvalue weighted by molar-refractivity contribution is 0.0998. The Morgan fingerprint density at radius 2 is 2.32 bits per heavy atom. The van der Waals surface area contributed by atoms with Gasteiger partial charge in [-0.3, -0.25) is 0 Å². The zero-order chi connectivity index (χ0) is 13.7. The predicted molar refractivity (Wildman–Crippen MR) is 77.7 cm³/mol. The molecule has 0 saturated carbocycles. The highest BCUT2D eigenvalue weighted by Gasteiger charge is 2.18. The number of nitrogens with one attached hydrogen (secondary N) is 1. The van der Waals surface area contributed by atoms with Gasteiger partial charge in [-0.05, 0) is 56.8 Å². The molecule has 106 valence electrons. The first-order valence-electron chi connectivity index (χ1n) is 7.18. The summed E-state index contributed by atoms with van der Waals surface area (Å²) in [6, 6.07) is 6.83. The quantitative estimate of drug-likeness (QED) is 0.855. The smallest absolute Gasteiger partial charge is 0.121 e. The van der Waals surface area contributed by atoms with Crippen LogP contribution in [0.3, 0.4) is 0 Å². The minimum Gasteiger partial charge on any atom is -0.496 e. The van der Waals surface area contributed by atoms with E-state index in [0.717, 1.165) is 25.2 Å². The second kappa shape index (κ2) is 6.92. The summed E-state index contributed by atoms with van der Waals surface area (Å²) in [5.41, 5.74) is 2.52. The highest BCUT2D eigenvalue weighted by molar-refractivity contribution is 5.37. The Hall–Kier alpha value is -1.06. The molecule has 19 heavy (non-hydrogen) atoms. The predicted octanol–water partition coefficient (Wildman–Crippen LogP) is 3.22. The zero-order valence-corrected chi connectivity index (χ0v) is 12.2. The van der Waals surface area contributed by atoms with Crippen LogP contribution in [0.4, 0.5) is 0 Å². The fourth-order valence-electron chi connectivity index (χ4n) is 2.82. The maximum absolute atomic E-state index is 5.70. The lowest BCUT2D eigenvalue weighted by atomic mass is 9.98. The molecule has 3 nitrogen and oxygen atoms in total. The van der Waals surface area contributed by atoms with Crippen LogP contribution in [0.1, 0.15) is 42.9 Å². The van der Waals surface area contributed by atoms with Crippen molar-refractivity contribution in [3.8, 4) is 5.75 Å². The standard InChI is InChI=1S/C16H25NO2/c1-12-11-13(6-9-16(12)18-3)15(17-2)8-7-14-5-4-10-19-14/h6,9,11,14-15,17H,4-5,7-8,10H2,1-3H3. The van der Waals surface area contributed by atoms with E-state index in [1.54, 1.807) is 7.11 Å². The van der Waals surface area contributed by atoms with E-state index < -0.39 is 0 Å². The maximum atomic E-state index is 5.70. The zero-order valence-electron chi connectivity index (χ0n) is 12.2. The molecule has 1 saturated heterocycles. The first kappa shape index (κ1) is 14.4. The van der Waals surface area contributed by atoms with E-state index in [1.807, 2.05) is 7.05 Å². The van der Waals surface area contributed by atoms with Crippen molar-refractivity contribution in [1.29, 1.82) is 0 Å². The van der Waals surface area contributed by atoms with Gasteiger partial charge in [-0.15, -0.1) is 0 Å². The number of methoxy groups -OCH3 is 1. The third-order valence-electron chi connectivity index (χ3n) is 3.97. The maximum Gasteiger partial charge on any atom is 0.121 e. The SMILES string of the molecule is CNC(CCC1CCCO1)c1ccc(OC)c(C)c1. The Kier molecular flexibility index (Phi) is 5.23. The number of benzene rings is 1. The second-order valence-corrected chi connectivity index (χ2v) is 5.28. The Labute approximate surface area is 116 Å². The molecular weight excluding hydrogens is 238 g/mol. The fourth-order valence-corrected chi connectivity index (χ4v) is 2.82. The highest BCUT2D eigenvalue weighted by Crippen LogP contribution is 2.27. The minimum atomic E-state index is 0.397. The summed E-state index contributed by atoms with van der Waals surface area (Å²) in [6.07, 6.45) is 5.16. The first-order valence-corrected chi connectivity index (χ1v) is 7.18. The summed E-state index contributed by atoms with van der Waals surface area (Å²) in [7, 11) is 3.74. The lowest BCUT2D eigenvalue weighted by Crippen LogP contribution is -2.19. The average Bonchev–Trinajstić information content (AvgIpc) is 2.93. The summed E-state index contributed by atoms with van der Waals surface area (Å²) in [4.78, 5) is 0. The molecule has 0 bridgehead atoms. The normalized spacial score (nSPS) is 20.5. The molecule has 2 unspecified atom stereocenters. The molecule has 0 aromatic heterocycles. The van der Waals surface area contributed by atoms with Gasteiger partial charge in [0.2, 0.25) is 0 Å². The third-order valence-corrected chi connectivity index (χ3v) is 3.97. The van der Waals surface area contributed by atoms with Crippen LogP contribution in [0.2, 0.25) is 0 Å². The van der Waals surface area contributed by atoms with Gasteiger partial charge in [0.15, 0.2) is 0 Å². The van der Waals surface area contributed by atoms with Crippen molar-refractivity contribution in [3.05, 3.63) is 29.3 Å². The van der Waals surface area contributed by atoms with Crippen LogP contribution in [-0.2, 0) is 4.74 Å². The molecule has 0 amide bonds. The molecule has 0 radical (unpaired) electrons. The molecule has 1 aliphatic rings. The van der Waals surface area contributed by atoms with Crippen molar-refractivity contribution in [3.63, 3.8) is 0 Å². The summed E-state index contributed by atoms with van der Waals surface area (Å²) < 4.78 is 11.0. The van der Waals surface area contributed by atoms with E-state index in [0.29, 0.717) is 12.1 Å². The number of hydrogen-bond donors (Lipinski definition) is 1. The van der Waals surface area contributed by atoms with Gasteiger partial charge in [-0.1, -0.05) is 12.1 Å². The van der Waals surface area contributed by atoms with E-state index in [9.17, 15) is 0 Å². The molecule has 3 heteroatoms. The van der Waals surface area contributed by atoms with Crippen LogP contribution >= 0.6 is 0 Å². The van der Waals surface area contributed by atoms with Crippen molar-refractivity contribution < 1.29 is 9.47 Å². The molecule has 2 atom stereocenters. The molecule has 2 rings (SSSR count). The van der Waals surface area contributed by atoms with Crippen molar-refractivity contribution in [2.75, 3.05) is 20.8 Å². The largest absolute Gasteiger partial charge is 0.496 e. The van der Waals surface area contributed by atoms with E-state index in [4.69, 9.17) is 9.47 Å². The van der Waals surface area contributed by atoms with E-state index >= 15 is 0 Å². The van der Waals surface area contributed by atoms with Crippen molar-refractivity contribution >= 4 is 0 Å². The summed E-state index contributed by atoms with van der Waals surface area (Å²) in [6.45, 7) is 3.03. The van der Waals surface area contributed by atoms with Crippen LogP contribution in [0.15, 0.2) is 18.2 Å². The number of ether oxygens (including phenoxy) is 2. The lowest BCUT2D eigenvalue weighted by Gasteiger charge is -2.19. The first-order chi connectivity index (χ1) is 9.24. The minimum absolute atomic E-state index is 0.397. The molecule has 1 aromatic rings. The van der Waals surface area contributed by atoms with Crippen LogP contribution in [0, 0.1) is 6.92 Å². The molecular formula is C16H25NO2. The second-order valence-electron chi connectivity index (χ2n) is 5.28. The topological polar surface area (TPSA) is 30.5 Å². The van der Waals surface area contributed by atoms with Crippen LogP contribution in [-0.4, -0.2) is 26.9 Å². The Morgan fingerprint density at radius 1 is 1.47 bits per heavy atom. The van der Waals surface area contributed by atoms with Crippen molar-refractivity contribution in [2.24, 2.45) is 0 Å². The summed E-state index contributed by atoms with van der Waals surface area (Å²) >= 11 is 0. The van der Waals surface area contributed by atoms with Crippen molar-refractivity contribution in [1.82, 2.24) is 5.32 Å². The third kappa shape index (κ3) is 3.71. The van der Waals surface area contributed by atoms with Crippen LogP contribution < -0.4 is 10.1 Å². The Morgan fingerprint density at radius 3 is 2.89 bits per heavy atom. The number of rotatable bonds is 6. The highest BCUT2D eigenvalue weighted by atomic mass is 16.5. The molecule has 1 aromatic carbocycles. The van der Waals surface area contributed by atoms with E-state index in [1.165, 1.54) is 24.0 Å². The molecule has 1 N–H and O–H groups in total. The Balaban J connectivity index is 1.97. The number of hydrogen-bond acceptors (Lipinski definition) is 3. The van der Waals surface area contributed by atoms with Gasteiger partial charge in [0.05, 0.1) is 13.2 Å². The molecule has 0 spiro atoms. The average molecular weight is 263 g/mol. The fraction of sp³-hybridized carbons (Fsp3) is 0.625. The van der Waals surface area contributed by atoms with E-state index in [-0.39, 0.29) is 0 Å². The van der Waals surface area contributed by atoms with Gasteiger partial charge < -0.3 is 14.8 Å². The van der Waals surface area contributed by atoms with Gasteiger partial charge in [0, 0.05) is 12.6 Å². The van der Waals surface area contributed by atoms with Gasteiger partial charge in [-0.2, -0.15) is 0 Å². The molecule has 0 aliphatic carbocycles. The molecule has 1 heterocycles. The number of aryl methyl sites for hydroxylation is 1. The molecule has 1 aliphatic heterocycles. The van der Waals surface area contributed by atoms with Gasteiger partial charge in [0.1, 0.15) is 5.75 Å². The molecule has 1 fully saturated rings. The monoisotopic (exact) mass is 263 g/mol. The van der Waals surface area contributed by atoms with Gasteiger partial charge >= 0.3 is 0 Å². The van der Waals surface area contributed by atoms with Gasteiger partial charge in [0.25, 0.3) is 0 Å². The Bertz CT molecular complexity index is 400. The summed E-state index contributed by atoms with van der Waals surface area (Å²) in [5, 5.41) is 3.41. The summed E-state index contributed by atoms with van der Waals surface area (Å²) in [5.74, 6) is 0.956. The van der Waals surface area contributed by atoms with Crippen molar-refractivity contribution in [2.45, 2.75) is 44.8 Å².